The fourth-order valence-corrected chi connectivity index (χ4v) is 5.47. The summed E-state index contributed by atoms with van der Waals surface area (Å²) in [5.41, 5.74) is 3.71. The van der Waals surface area contributed by atoms with Gasteiger partial charge in [-0.15, -0.1) is 0 Å². The van der Waals surface area contributed by atoms with Gasteiger partial charge in [-0.25, -0.2) is 4.98 Å². The second-order valence-corrected chi connectivity index (χ2v) is 12.6. The van der Waals surface area contributed by atoms with Gasteiger partial charge in [0.2, 0.25) is 5.95 Å². The van der Waals surface area contributed by atoms with Gasteiger partial charge in [0.1, 0.15) is 10.8 Å². The van der Waals surface area contributed by atoms with Crippen molar-refractivity contribution in [3.8, 4) is 5.75 Å². The minimum Gasteiger partial charge on any atom is -0.489 e. The number of para-hydroxylation sites is 1. The third kappa shape index (κ3) is 8.38. The number of anilines is 4. The number of aliphatic hydroxyl groups is 1. The normalized spacial score (nSPS) is 13.1. The SMILES string of the molecule is Cc1cc(Nc2ncc(Cl)c(Nc3ccccc3S(=O)C(C)C)n2)c(OC(C)C)cc1C(C)CN(C)CCO. The van der Waals surface area contributed by atoms with Crippen LogP contribution < -0.4 is 15.4 Å². The van der Waals surface area contributed by atoms with Crippen LogP contribution in [0, 0.1) is 6.92 Å². The van der Waals surface area contributed by atoms with Crippen molar-refractivity contribution in [1.82, 2.24) is 14.9 Å². The van der Waals surface area contributed by atoms with Crippen molar-refractivity contribution < 1.29 is 14.1 Å². The number of nitrogens with one attached hydrogen (secondary N) is 2. The molecule has 0 bridgehead atoms. The van der Waals surface area contributed by atoms with E-state index in [1.54, 1.807) is 0 Å². The van der Waals surface area contributed by atoms with Crippen molar-refractivity contribution >= 4 is 45.5 Å². The van der Waals surface area contributed by atoms with Crippen LogP contribution in [0.5, 0.6) is 5.75 Å². The van der Waals surface area contributed by atoms with E-state index in [9.17, 15) is 9.32 Å². The summed E-state index contributed by atoms with van der Waals surface area (Å²) < 4.78 is 19.0. The minimum atomic E-state index is -1.18. The quantitative estimate of drug-likeness (QED) is 0.220. The van der Waals surface area contributed by atoms with Crippen molar-refractivity contribution in [1.29, 1.82) is 0 Å². The Kier molecular flexibility index (Phi) is 11.1. The average molecular weight is 574 g/mol. The zero-order chi connectivity index (χ0) is 28.7. The van der Waals surface area contributed by atoms with E-state index in [1.165, 1.54) is 11.8 Å². The molecule has 8 nitrogen and oxygen atoms in total. The number of halogens is 1. The van der Waals surface area contributed by atoms with Gasteiger partial charge in [-0.2, -0.15) is 4.98 Å². The molecule has 3 N–H and O–H groups in total. The molecule has 0 amide bonds. The van der Waals surface area contributed by atoms with Crippen LogP contribution >= 0.6 is 11.6 Å². The average Bonchev–Trinajstić information content (AvgIpc) is 2.87. The number of hydrogen-bond acceptors (Lipinski definition) is 8. The maximum absolute atomic E-state index is 12.8. The van der Waals surface area contributed by atoms with E-state index in [0.717, 1.165) is 17.8 Å². The van der Waals surface area contributed by atoms with Crippen molar-refractivity contribution in [3.05, 3.63) is 58.7 Å². The number of benzene rings is 2. The molecule has 2 atom stereocenters. The molecule has 2 unspecified atom stereocenters. The van der Waals surface area contributed by atoms with Crippen LogP contribution in [0.3, 0.4) is 0 Å². The molecular formula is C29H40ClN5O3S. The van der Waals surface area contributed by atoms with Crippen LogP contribution in [0.15, 0.2) is 47.5 Å². The lowest BCUT2D eigenvalue weighted by Crippen LogP contribution is -2.26. The van der Waals surface area contributed by atoms with Crippen LogP contribution in [-0.4, -0.2) is 62.3 Å². The van der Waals surface area contributed by atoms with Gasteiger partial charge in [-0.05, 0) is 69.1 Å². The first kappa shape index (κ1) is 30.8. The molecule has 39 heavy (non-hydrogen) atoms. The highest BCUT2D eigenvalue weighted by Crippen LogP contribution is 2.35. The van der Waals surface area contributed by atoms with Gasteiger partial charge >= 0.3 is 0 Å². The van der Waals surface area contributed by atoms with Gasteiger partial charge in [0.15, 0.2) is 5.82 Å². The zero-order valence-corrected chi connectivity index (χ0v) is 25.4. The van der Waals surface area contributed by atoms with Gasteiger partial charge in [-0.1, -0.05) is 44.5 Å². The predicted octanol–water partition coefficient (Wildman–Crippen LogP) is 6.26. The minimum absolute atomic E-state index is 0.0323. The van der Waals surface area contributed by atoms with E-state index in [4.69, 9.17) is 16.3 Å². The number of aliphatic hydroxyl groups excluding tert-OH is 1. The Labute approximate surface area is 239 Å². The lowest BCUT2D eigenvalue weighted by atomic mass is 9.95. The fraction of sp³-hybridized carbons (Fsp3) is 0.448. The number of rotatable bonds is 13. The van der Waals surface area contributed by atoms with Crippen LogP contribution in [0.2, 0.25) is 5.02 Å². The van der Waals surface area contributed by atoms with Gasteiger partial charge in [0.25, 0.3) is 0 Å². The number of aromatic nitrogens is 2. The molecule has 0 aliphatic carbocycles. The molecule has 1 aromatic heterocycles. The molecule has 1 heterocycles. The first-order valence-electron chi connectivity index (χ1n) is 13.2. The van der Waals surface area contributed by atoms with Gasteiger partial charge < -0.3 is 25.4 Å². The molecule has 3 aromatic rings. The molecule has 0 aliphatic rings. The van der Waals surface area contributed by atoms with E-state index < -0.39 is 10.8 Å². The smallest absolute Gasteiger partial charge is 0.229 e. The van der Waals surface area contributed by atoms with E-state index >= 15 is 0 Å². The van der Waals surface area contributed by atoms with E-state index in [-0.39, 0.29) is 23.9 Å². The number of ether oxygens (including phenoxy) is 1. The maximum Gasteiger partial charge on any atom is 0.229 e. The Morgan fingerprint density at radius 2 is 1.82 bits per heavy atom. The predicted molar refractivity (Wildman–Crippen MR) is 162 cm³/mol. The first-order chi connectivity index (χ1) is 18.5. The topological polar surface area (TPSA) is 99.6 Å². The Balaban J connectivity index is 1.92. The Morgan fingerprint density at radius 1 is 1.10 bits per heavy atom. The largest absolute Gasteiger partial charge is 0.489 e. The number of likely N-dealkylation sites (N-methyl/N-ethyl adjacent to an activating group) is 1. The summed E-state index contributed by atoms with van der Waals surface area (Å²) in [6.07, 6.45) is 1.50. The van der Waals surface area contributed by atoms with Gasteiger partial charge in [0, 0.05) is 18.3 Å². The Morgan fingerprint density at radius 3 is 2.49 bits per heavy atom. The summed E-state index contributed by atoms with van der Waals surface area (Å²) in [6.45, 7) is 13.6. The van der Waals surface area contributed by atoms with Crippen molar-refractivity contribution in [3.63, 3.8) is 0 Å². The van der Waals surface area contributed by atoms with Crippen molar-refractivity contribution in [2.75, 3.05) is 37.4 Å². The second-order valence-electron chi connectivity index (χ2n) is 10.2. The van der Waals surface area contributed by atoms with E-state index in [0.29, 0.717) is 39.7 Å². The molecule has 3 rings (SSSR count). The van der Waals surface area contributed by atoms with E-state index in [2.05, 4.69) is 45.4 Å². The zero-order valence-electron chi connectivity index (χ0n) is 23.8. The third-order valence-corrected chi connectivity index (χ3v) is 8.03. The molecular weight excluding hydrogens is 534 g/mol. The summed E-state index contributed by atoms with van der Waals surface area (Å²) in [5, 5.41) is 16.1. The number of nitrogens with zero attached hydrogens (tertiary/aromatic N) is 3. The number of hydrogen-bond donors (Lipinski definition) is 3. The molecule has 0 fully saturated rings. The molecule has 0 radical (unpaired) electrons. The molecule has 0 aliphatic heterocycles. The summed E-state index contributed by atoms with van der Waals surface area (Å²) in [5.74, 6) is 1.69. The lowest BCUT2D eigenvalue weighted by molar-refractivity contribution is 0.216. The standard InChI is InChI=1S/C29H40ClN5O3S/c1-18(2)38-26-15-22(21(6)17-35(7)12-13-36)20(5)14-25(26)33-29-31-16-23(30)28(34-29)32-24-10-8-9-11-27(24)39(37)19(3)4/h8-11,14-16,18-19,21,36H,12-13,17H2,1-7H3,(H2,31,32,33,34). The molecule has 2 aromatic carbocycles. The highest BCUT2D eigenvalue weighted by atomic mass is 35.5. The van der Waals surface area contributed by atoms with Crippen LogP contribution in [0.25, 0.3) is 0 Å². The monoisotopic (exact) mass is 573 g/mol. The highest BCUT2D eigenvalue weighted by Gasteiger charge is 2.18. The lowest BCUT2D eigenvalue weighted by Gasteiger charge is -2.24. The summed E-state index contributed by atoms with van der Waals surface area (Å²) in [4.78, 5) is 11.8. The van der Waals surface area contributed by atoms with Crippen LogP contribution in [0.4, 0.5) is 23.1 Å². The summed E-state index contributed by atoms with van der Waals surface area (Å²) in [6, 6.07) is 11.6. The van der Waals surface area contributed by atoms with Crippen molar-refractivity contribution in [2.24, 2.45) is 0 Å². The van der Waals surface area contributed by atoms with Crippen molar-refractivity contribution in [2.45, 2.75) is 63.7 Å². The van der Waals surface area contributed by atoms with E-state index in [1.807, 2.05) is 65.1 Å². The van der Waals surface area contributed by atoms with Crippen LogP contribution in [-0.2, 0) is 10.8 Å². The Hall–Kier alpha value is -2.72. The fourth-order valence-electron chi connectivity index (χ4n) is 4.27. The summed E-state index contributed by atoms with van der Waals surface area (Å²) in [7, 11) is 0.822. The highest BCUT2D eigenvalue weighted by molar-refractivity contribution is 7.85. The second kappa shape index (κ2) is 14.1. The van der Waals surface area contributed by atoms with Gasteiger partial charge in [-0.3, -0.25) is 4.21 Å². The summed E-state index contributed by atoms with van der Waals surface area (Å²) >= 11 is 6.45. The molecule has 0 spiro atoms. The first-order valence-corrected chi connectivity index (χ1v) is 14.8. The molecule has 212 valence electrons. The third-order valence-electron chi connectivity index (χ3n) is 6.10. The molecule has 0 saturated carbocycles. The number of aryl methyl sites for hydroxylation is 1. The van der Waals surface area contributed by atoms with Crippen LogP contribution in [0.1, 0.15) is 51.7 Å². The molecule has 10 heteroatoms. The van der Waals surface area contributed by atoms with Gasteiger partial charge in [0.05, 0.1) is 46.0 Å². The molecule has 0 saturated heterocycles. The maximum atomic E-state index is 12.8. The Bertz CT molecular complexity index is 1290.